The highest BCUT2D eigenvalue weighted by atomic mass is 35.5. The van der Waals surface area contributed by atoms with Gasteiger partial charge in [-0.1, -0.05) is 23.7 Å². The van der Waals surface area contributed by atoms with Crippen molar-refractivity contribution in [2.24, 2.45) is 7.05 Å². The molecule has 0 N–H and O–H groups in total. The maximum Gasteiger partial charge on any atom is 0.337 e. The van der Waals surface area contributed by atoms with E-state index in [2.05, 4.69) is 10.1 Å². The van der Waals surface area contributed by atoms with E-state index in [1.165, 1.54) is 14.2 Å². The van der Waals surface area contributed by atoms with E-state index < -0.39 is 5.97 Å². The van der Waals surface area contributed by atoms with E-state index in [9.17, 15) is 9.59 Å². The lowest BCUT2D eigenvalue weighted by Gasteiger charge is -2.20. The first-order valence-corrected chi connectivity index (χ1v) is 10.1. The first-order valence-electron chi connectivity index (χ1n) is 9.76. The van der Waals surface area contributed by atoms with Crippen molar-refractivity contribution in [1.82, 2.24) is 14.8 Å². The Kier molecular flexibility index (Phi) is 7.07. The predicted molar refractivity (Wildman–Crippen MR) is 117 cm³/mol. The number of hydrogen-bond donors (Lipinski definition) is 0. The number of benzene rings is 1. The lowest BCUT2D eigenvalue weighted by atomic mass is 9.84. The van der Waals surface area contributed by atoms with Crippen molar-refractivity contribution in [3.05, 3.63) is 70.0 Å². The number of aromatic nitrogens is 3. The summed E-state index contributed by atoms with van der Waals surface area (Å²) in [6, 6.07) is 10.9. The van der Waals surface area contributed by atoms with Gasteiger partial charge < -0.3 is 9.47 Å². The third kappa shape index (κ3) is 4.77. The Labute approximate surface area is 186 Å². The average Bonchev–Trinajstić information content (AvgIpc) is 3.09. The number of ether oxygens (including phenoxy) is 2. The van der Waals surface area contributed by atoms with Crippen molar-refractivity contribution in [3.8, 4) is 11.4 Å². The topological polar surface area (TPSA) is 83.3 Å². The number of aryl methyl sites for hydroxylation is 2. The van der Waals surface area contributed by atoms with Crippen LogP contribution < -0.4 is 0 Å². The molecule has 162 valence electrons. The lowest BCUT2D eigenvalue weighted by Crippen LogP contribution is -2.10. The van der Waals surface area contributed by atoms with Gasteiger partial charge in [-0.15, -0.1) is 0 Å². The van der Waals surface area contributed by atoms with Gasteiger partial charge in [-0.3, -0.25) is 14.5 Å². The van der Waals surface area contributed by atoms with Crippen molar-refractivity contribution < 1.29 is 19.1 Å². The number of rotatable bonds is 7. The van der Waals surface area contributed by atoms with Crippen LogP contribution in [0, 0.1) is 6.92 Å². The Bertz CT molecular complexity index is 1100. The van der Waals surface area contributed by atoms with E-state index in [0.717, 1.165) is 16.7 Å². The molecule has 0 amide bonds. The normalized spacial score (nSPS) is 11.8. The minimum atomic E-state index is -0.408. The summed E-state index contributed by atoms with van der Waals surface area (Å²) in [5, 5.41) is 5.06. The zero-order valence-electron chi connectivity index (χ0n) is 17.9. The van der Waals surface area contributed by atoms with Crippen LogP contribution in [0.3, 0.4) is 0 Å². The smallest absolute Gasteiger partial charge is 0.337 e. The standard InChI is InChI=1S/C23H24ClN3O4/c1-14-13-15(23(29)31-4)8-9-16(14)17(10-11-19(28)30-3)20-21(26-27(2)22(20)24)18-7-5-6-12-25-18/h5-9,12-13,17H,10-11H2,1-4H3. The number of halogens is 1. The van der Waals surface area contributed by atoms with Gasteiger partial charge in [-0.2, -0.15) is 5.10 Å². The Hall–Kier alpha value is -3.19. The summed E-state index contributed by atoms with van der Waals surface area (Å²) in [6.45, 7) is 1.91. The van der Waals surface area contributed by atoms with Gasteiger partial charge in [0.25, 0.3) is 0 Å². The largest absolute Gasteiger partial charge is 0.469 e. The van der Waals surface area contributed by atoms with Crippen LogP contribution in [0.5, 0.6) is 0 Å². The molecule has 8 heteroatoms. The third-order valence-corrected chi connectivity index (χ3v) is 5.65. The fourth-order valence-corrected chi connectivity index (χ4v) is 3.91. The van der Waals surface area contributed by atoms with E-state index in [1.54, 1.807) is 30.1 Å². The molecule has 0 aliphatic carbocycles. The van der Waals surface area contributed by atoms with Crippen LogP contribution in [0.25, 0.3) is 11.4 Å². The number of hydrogen-bond acceptors (Lipinski definition) is 6. The number of pyridine rings is 1. The van der Waals surface area contributed by atoms with Crippen molar-refractivity contribution >= 4 is 23.5 Å². The fourth-order valence-electron chi connectivity index (χ4n) is 3.65. The third-order valence-electron chi connectivity index (χ3n) is 5.20. The molecule has 7 nitrogen and oxygen atoms in total. The molecule has 2 aromatic heterocycles. The molecule has 0 radical (unpaired) electrons. The summed E-state index contributed by atoms with van der Waals surface area (Å²) in [5.74, 6) is -0.980. The molecule has 0 saturated heterocycles. The zero-order valence-corrected chi connectivity index (χ0v) is 18.6. The van der Waals surface area contributed by atoms with Crippen LogP contribution in [0.4, 0.5) is 0 Å². The van der Waals surface area contributed by atoms with Crippen LogP contribution >= 0.6 is 11.6 Å². The predicted octanol–water partition coefficient (Wildman–Crippen LogP) is 4.32. The summed E-state index contributed by atoms with van der Waals surface area (Å²) >= 11 is 6.70. The van der Waals surface area contributed by atoms with E-state index in [4.69, 9.17) is 21.1 Å². The number of carbonyl (C=O) groups is 2. The second-order valence-electron chi connectivity index (χ2n) is 7.12. The SMILES string of the molecule is COC(=O)CCC(c1ccc(C(=O)OC)cc1C)c1c(-c2ccccn2)nn(C)c1Cl. The van der Waals surface area contributed by atoms with Gasteiger partial charge in [0.2, 0.25) is 0 Å². The van der Waals surface area contributed by atoms with E-state index >= 15 is 0 Å². The molecule has 1 unspecified atom stereocenters. The van der Waals surface area contributed by atoms with Crippen LogP contribution in [0.2, 0.25) is 5.15 Å². The molecule has 1 atom stereocenters. The molecule has 0 saturated carbocycles. The molecule has 0 aliphatic rings. The highest BCUT2D eigenvalue weighted by Gasteiger charge is 2.28. The maximum absolute atomic E-state index is 11.9. The lowest BCUT2D eigenvalue weighted by molar-refractivity contribution is -0.140. The molecule has 0 fully saturated rings. The van der Waals surface area contributed by atoms with Crippen molar-refractivity contribution in [2.45, 2.75) is 25.7 Å². The molecule has 1 aromatic carbocycles. The van der Waals surface area contributed by atoms with Gasteiger partial charge in [0.1, 0.15) is 10.8 Å². The molecule has 0 bridgehead atoms. The van der Waals surface area contributed by atoms with Crippen LogP contribution in [0.1, 0.15) is 45.8 Å². The van der Waals surface area contributed by atoms with E-state index in [-0.39, 0.29) is 18.3 Å². The van der Waals surface area contributed by atoms with Crippen molar-refractivity contribution in [2.75, 3.05) is 14.2 Å². The highest BCUT2D eigenvalue weighted by molar-refractivity contribution is 6.30. The second kappa shape index (κ2) is 9.75. The first-order chi connectivity index (χ1) is 14.9. The summed E-state index contributed by atoms with van der Waals surface area (Å²) in [5.41, 5.74) is 4.39. The molecular formula is C23H24ClN3O4. The van der Waals surface area contributed by atoms with Gasteiger partial charge in [0.15, 0.2) is 0 Å². The summed E-state index contributed by atoms with van der Waals surface area (Å²) in [4.78, 5) is 28.3. The first kappa shape index (κ1) is 22.5. The quantitative estimate of drug-likeness (QED) is 0.508. The molecule has 3 rings (SSSR count). The second-order valence-corrected chi connectivity index (χ2v) is 7.48. The van der Waals surface area contributed by atoms with E-state index in [0.29, 0.717) is 28.5 Å². The Balaban J connectivity index is 2.16. The van der Waals surface area contributed by atoms with Gasteiger partial charge in [0.05, 0.1) is 25.5 Å². The number of nitrogens with zero attached hydrogens (tertiary/aromatic N) is 3. The maximum atomic E-state index is 11.9. The van der Waals surface area contributed by atoms with Gasteiger partial charge in [-0.05, 0) is 48.7 Å². The molecule has 31 heavy (non-hydrogen) atoms. The molecule has 3 aromatic rings. The van der Waals surface area contributed by atoms with Gasteiger partial charge in [-0.25, -0.2) is 4.79 Å². The minimum Gasteiger partial charge on any atom is -0.469 e. The number of carbonyl (C=O) groups excluding carboxylic acids is 2. The highest BCUT2D eigenvalue weighted by Crippen LogP contribution is 2.41. The molecule has 2 heterocycles. The summed E-state index contributed by atoms with van der Waals surface area (Å²) < 4.78 is 11.3. The number of methoxy groups -OCH3 is 2. The zero-order chi connectivity index (χ0) is 22.5. The van der Waals surface area contributed by atoms with Crippen molar-refractivity contribution in [1.29, 1.82) is 0 Å². The van der Waals surface area contributed by atoms with E-state index in [1.807, 2.05) is 31.2 Å². The summed E-state index contributed by atoms with van der Waals surface area (Å²) in [6.07, 6.45) is 2.35. The Morgan fingerprint density at radius 2 is 1.94 bits per heavy atom. The molecule has 0 spiro atoms. The monoisotopic (exact) mass is 441 g/mol. The van der Waals surface area contributed by atoms with Crippen LogP contribution in [-0.2, 0) is 21.3 Å². The molecule has 0 aliphatic heterocycles. The number of esters is 2. The fraction of sp³-hybridized carbons (Fsp3) is 0.304. The van der Waals surface area contributed by atoms with Crippen LogP contribution in [0.15, 0.2) is 42.6 Å². The minimum absolute atomic E-state index is 0.201. The average molecular weight is 442 g/mol. The van der Waals surface area contributed by atoms with Crippen molar-refractivity contribution in [3.63, 3.8) is 0 Å². The van der Waals surface area contributed by atoms with Crippen LogP contribution in [-0.4, -0.2) is 40.9 Å². The van der Waals surface area contributed by atoms with Gasteiger partial charge in [0, 0.05) is 31.1 Å². The Morgan fingerprint density at radius 3 is 2.55 bits per heavy atom. The molecular weight excluding hydrogens is 418 g/mol. The summed E-state index contributed by atoms with van der Waals surface area (Å²) in [7, 11) is 4.48. The Morgan fingerprint density at radius 1 is 1.16 bits per heavy atom. The van der Waals surface area contributed by atoms with Gasteiger partial charge >= 0.3 is 11.9 Å².